The van der Waals surface area contributed by atoms with E-state index in [1.807, 2.05) is 30.3 Å². The van der Waals surface area contributed by atoms with Crippen LogP contribution >= 0.6 is 0 Å². The second kappa shape index (κ2) is 9.66. The van der Waals surface area contributed by atoms with Gasteiger partial charge in [0.2, 0.25) is 0 Å². The van der Waals surface area contributed by atoms with Crippen molar-refractivity contribution >= 4 is 29.5 Å². The lowest BCUT2D eigenvalue weighted by molar-refractivity contribution is 0.298. The van der Waals surface area contributed by atoms with E-state index >= 15 is 0 Å². The van der Waals surface area contributed by atoms with E-state index in [9.17, 15) is 4.21 Å². The fraction of sp³-hybridized carbons (Fsp3) is 0.280. The van der Waals surface area contributed by atoms with Gasteiger partial charge < -0.3 is 4.43 Å². The summed E-state index contributed by atoms with van der Waals surface area (Å²) in [4.78, 5) is 0.887. The Kier molecular flexibility index (Phi) is 7.22. The van der Waals surface area contributed by atoms with Crippen LogP contribution in [0.15, 0.2) is 95.9 Å². The monoisotopic (exact) mass is 422 g/mol. The van der Waals surface area contributed by atoms with Crippen LogP contribution in [-0.2, 0) is 15.2 Å². The van der Waals surface area contributed by atoms with Gasteiger partial charge in [0.25, 0.3) is 8.32 Å². The van der Waals surface area contributed by atoms with Crippen LogP contribution in [-0.4, -0.2) is 24.9 Å². The van der Waals surface area contributed by atoms with Crippen molar-refractivity contribution in [3.05, 3.63) is 91.0 Å². The molecule has 0 N–H and O–H groups in total. The highest BCUT2D eigenvalue weighted by molar-refractivity contribution is 7.85. The molecule has 0 aliphatic rings. The van der Waals surface area contributed by atoms with Crippen molar-refractivity contribution in [2.45, 2.75) is 37.1 Å². The number of hydrogen-bond acceptors (Lipinski definition) is 2. The SMILES string of the molecule is CC(C)(C)[Si](OCCCS(=O)c1ccccc1)(c1ccccc1)c1ccccc1. The highest BCUT2D eigenvalue weighted by Gasteiger charge is 2.49. The van der Waals surface area contributed by atoms with Gasteiger partial charge in [-0.3, -0.25) is 4.21 Å². The summed E-state index contributed by atoms with van der Waals surface area (Å²) in [5.41, 5.74) is 0. The summed E-state index contributed by atoms with van der Waals surface area (Å²) in [5, 5.41) is 2.53. The Morgan fingerprint density at radius 2 is 1.21 bits per heavy atom. The molecule has 0 fully saturated rings. The van der Waals surface area contributed by atoms with Gasteiger partial charge in [-0.05, 0) is 34.0 Å². The highest BCUT2D eigenvalue weighted by Crippen LogP contribution is 2.36. The summed E-state index contributed by atoms with van der Waals surface area (Å²) in [6.07, 6.45) is 0.770. The van der Waals surface area contributed by atoms with E-state index in [0.717, 1.165) is 11.3 Å². The van der Waals surface area contributed by atoms with Crippen molar-refractivity contribution < 1.29 is 8.63 Å². The lowest BCUT2D eigenvalue weighted by Crippen LogP contribution is -2.66. The van der Waals surface area contributed by atoms with Crippen LogP contribution in [0.3, 0.4) is 0 Å². The maximum atomic E-state index is 12.6. The molecule has 0 aliphatic carbocycles. The largest absolute Gasteiger partial charge is 0.407 e. The van der Waals surface area contributed by atoms with Gasteiger partial charge in [-0.2, -0.15) is 0 Å². The van der Waals surface area contributed by atoms with Crippen LogP contribution < -0.4 is 10.4 Å². The average Bonchev–Trinajstić information content (AvgIpc) is 2.74. The minimum atomic E-state index is -2.50. The van der Waals surface area contributed by atoms with Crippen LogP contribution in [0.5, 0.6) is 0 Å². The zero-order valence-corrected chi connectivity index (χ0v) is 19.3. The summed E-state index contributed by atoms with van der Waals surface area (Å²) < 4.78 is 19.4. The summed E-state index contributed by atoms with van der Waals surface area (Å²) in [6.45, 7) is 7.44. The lowest BCUT2D eigenvalue weighted by Gasteiger charge is -2.43. The van der Waals surface area contributed by atoms with E-state index in [2.05, 4.69) is 81.4 Å². The van der Waals surface area contributed by atoms with Gasteiger partial charge in [-0.25, -0.2) is 0 Å². The van der Waals surface area contributed by atoms with Crippen LogP contribution in [0.1, 0.15) is 27.2 Å². The molecule has 2 nitrogen and oxygen atoms in total. The molecule has 0 saturated carbocycles. The summed E-state index contributed by atoms with van der Waals surface area (Å²) >= 11 is 0. The summed E-state index contributed by atoms with van der Waals surface area (Å²) in [7, 11) is -3.49. The van der Waals surface area contributed by atoms with Crippen molar-refractivity contribution in [1.29, 1.82) is 0 Å². The molecule has 0 amide bonds. The first-order chi connectivity index (χ1) is 13.9. The topological polar surface area (TPSA) is 26.3 Å². The highest BCUT2D eigenvalue weighted by atomic mass is 32.2. The Hall–Kier alpha value is -2.01. The van der Waals surface area contributed by atoms with E-state index < -0.39 is 19.1 Å². The zero-order valence-electron chi connectivity index (χ0n) is 17.5. The molecule has 0 bridgehead atoms. The molecule has 4 heteroatoms. The van der Waals surface area contributed by atoms with Crippen molar-refractivity contribution in [2.75, 3.05) is 12.4 Å². The zero-order chi connectivity index (χ0) is 20.7. The third kappa shape index (κ3) is 4.95. The van der Waals surface area contributed by atoms with Gasteiger partial charge in [0.15, 0.2) is 0 Å². The summed E-state index contributed by atoms with van der Waals surface area (Å²) in [6, 6.07) is 31.0. The van der Waals surface area contributed by atoms with Crippen molar-refractivity contribution in [3.8, 4) is 0 Å². The number of hydrogen-bond donors (Lipinski definition) is 0. The Balaban J connectivity index is 1.83. The van der Waals surface area contributed by atoms with E-state index in [0.29, 0.717) is 12.4 Å². The Morgan fingerprint density at radius 3 is 1.66 bits per heavy atom. The van der Waals surface area contributed by atoms with E-state index in [1.165, 1.54) is 10.4 Å². The minimum absolute atomic E-state index is 0.0334. The van der Waals surface area contributed by atoms with Gasteiger partial charge in [0.05, 0.1) is 10.8 Å². The van der Waals surface area contributed by atoms with Crippen LogP contribution in [0.2, 0.25) is 5.04 Å². The maximum Gasteiger partial charge on any atom is 0.261 e. The molecule has 152 valence electrons. The molecule has 0 spiro atoms. The first-order valence-corrected chi connectivity index (χ1v) is 13.4. The minimum Gasteiger partial charge on any atom is -0.407 e. The molecular formula is C25H30O2SSi. The van der Waals surface area contributed by atoms with Crippen LogP contribution in [0, 0.1) is 0 Å². The molecule has 0 heterocycles. The average molecular weight is 423 g/mol. The molecule has 0 aromatic heterocycles. The molecule has 0 aliphatic heterocycles. The fourth-order valence-corrected chi connectivity index (χ4v) is 9.55. The molecule has 1 unspecified atom stereocenters. The second-order valence-corrected chi connectivity index (χ2v) is 14.1. The Labute approximate surface area is 178 Å². The van der Waals surface area contributed by atoms with E-state index in [1.54, 1.807) is 0 Å². The molecule has 3 aromatic carbocycles. The second-order valence-electron chi connectivity index (χ2n) is 8.23. The van der Waals surface area contributed by atoms with Gasteiger partial charge >= 0.3 is 0 Å². The molecular weight excluding hydrogens is 392 g/mol. The van der Waals surface area contributed by atoms with Crippen molar-refractivity contribution in [3.63, 3.8) is 0 Å². The molecule has 1 atom stereocenters. The number of rotatable bonds is 8. The normalized spacial score (nSPS) is 13.2. The van der Waals surface area contributed by atoms with Crippen LogP contribution in [0.25, 0.3) is 0 Å². The quantitative estimate of drug-likeness (QED) is 0.386. The molecule has 29 heavy (non-hydrogen) atoms. The third-order valence-corrected chi connectivity index (χ3v) is 11.7. The predicted molar refractivity (Wildman–Crippen MR) is 126 cm³/mol. The predicted octanol–water partition coefficient (Wildman–Crippen LogP) is 4.76. The molecule has 0 radical (unpaired) electrons. The third-order valence-electron chi connectivity index (χ3n) is 5.22. The lowest BCUT2D eigenvalue weighted by atomic mass is 10.2. The Morgan fingerprint density at radius 1 is 0.759 bits per heavy atom. The van der Waals surface area contributed by atoms with Crippen molar-refractivity contribution in [2.24, 2.45) is 0 Å². The maximum absolute atomic E-state index is 12.6. The van der Waals surface area contributed by atoms with Gasteiger partial charge in [0, 0.05) is 17.3 Å². The Bertz CT molecular complexity index is 866. The van der Waals surface area contributed by atoms with Gasteiger partial charge in [0.1, 0.15) is 0 Å². The van der Waals surface area contributed by atoms with Crippen molar-refractivity contribution in [1.82, 2.24) is 0 Å². The first-order valence-electron chi connectivity index (χ1n) is 10.1. The first kappa shape index (κ1) is 21.7. The summed E-state index contributed by atoms with van der Waals surface area (Å²) in [5.74, 6) is 0.613. The standard InChI is InChI=1S/C25H30O2SSi/c1-25(2,3)29(23-16-9-5-10-17-23,24-18-11-6-12-19-24)27-20-13-21-28(26)22-14-7-4-8-15-22/h4-12,14-19H,13,20-21H2,1-3H3. The number of benzene rings is 3. The fourth-order valence-electron chi connectivity index (χ4n) is 3.87. The smallest absolute Gasteiger partial charge is 0.261 e. The molecule has 3 rings (SSSR count). The van der Waals surface area contributed by atoms with E-state index in [4.69, 9.17) is 4.43 Å². The van der Waals surface area contributed by atoms with Crippen LogP contribution in [0.4, 0.5) is 0 Å². The van der Waals surface area contributed by atoms with E-state index in [-0.39, 0.29) is 5.04 Å². The van der Waals surface area contributed by atoms with Gasteiger partial charge in [-0.15, -0.1) is 0 Å². The molecule has 3 aromatic rings. The molecule has 0 saturated heterocycles. The van der Waals surface area contributed by atoms with Gasteiger partial charge in [-0.1, -0.05) is 99.6 Å².